The number of hydrogen-bond donors (Lipinski definition) is 0. The number of esters is 1. The number of carbonyl (C=O) groups excluding carboxylic acids is 1. The normalized spacial score (nSPS) is 10.1. The van der Waals surface area contributed by atoms with E-state index in [1.165, 1.54) is 0 Å². The van der Waals surface area contributed by atoms with Gasteiger partial charge in [-0.2, -0.15) is 0 Å². The van der Waals surface area contributed by atoms with Crippen molar-refractivity contribution < 1.29 is 9.53 Å². The van der Waals surface area contributed by atoms with Gasteiger partial charge in [-0.1, -0.05) is 22.9 Å². The van der Waals surface area contributed by atoms with E-state index in [2.05, 4.69) is 38.8 Å². The Labute approximate surface area is 106 Å². The van der Waals surface area contributed by atoms with Crippen LogP contribution in [0.25, 0.3) is 0 Å². The van der Waals surface area contributed by atoms with E-state index in [9.17, 15) is 4.79 Å². The summed E-state index contributed by atoms with van der Waals surface area (Å²) in [4.78, 5) is 11.5. The number of rotatable bonds is 3. The summed E-state index contributed by atoms with van der Waals surface area (Å²) in [5.74, 6) is -0.298. The summed E-state index contributed by atoms with van der Waals surface area (Å²) >= 11 is 6.80. The molecule has 0 saturated carbocycles. The Morgan fingerprint density at radius 2 is 1.93 bits per heavy atom. The molecule has 1 aromatic rings. The summed E-state index contributed by atoms with van der Waals surface area (Å²) in [6.45, 7) is 4.25. The van der Waals surface area contributed by atoms with Crippen LogP contribution in [0.5, 0.6) is 0 Å². The summed E-state index contributed by atoms with van der Waals surface area (Å²) in [5.41, 5.74) is 1.72. The third kappa shape index (κ3) is 3.05. The third-order valence-electron chi connectivity index (χ3n) is 2.01. The van der Waals surface area contributed by atoms with Crippen molar-refractivity contribution >= 4 is 37.8 Å². The molecule has 0 radical (unpaired) electrons. The summed E-state index contributed by atoms with van der Waals surface area (Å²) in [6.07, 6.45) is 0.919. The highest BCUT2D eigenvalue weighted by Crippen LogP contribution is 2.27. The van der Waals surface area contributed by atoms with Gasteiger partial charge in [-0.25, -0.2) is 4.79 Å². The largest absolute Gasteiger partial charge is 0.462 e. The van der Waals surface area contributed by atoms with Crippen LogP contribution in [0.1, 0.15) is 29.8 Å². The van der Waals surface area contributed by atoms with Crippen molar-refractivity contribution in [2.75, 3.05) is 6.61 Å². The Kier molecular flexibility index (Phi) is 4.80. The molecule has 0 aliphatic carbocycles. The predicted molar refractivity (Wildman–Crippen MR) is 67.2 cm³/mol. The fraction of sp³-hybridized carbons (Fsp3) is 0.364. The Hall–Kier alpha value is -0.350. The van der Waals surface area contributed by atoms with Gasteiger partial charge in [0.05, 0.1) is 12.2 Å². The molecule has 0 heterocycles. The van der Waals surface area contributed by atoms with Crippen molar-refractivity contribution in [3.05, 3.63) is 32.2 Å². The van der Waals surface area contributed by atoms with Crippen LogP contribution in [0.2, 0.25) is 0 Å². The fourth-order valence-corrected chi connectivity index (χ4v) is 2.40. The maximum absolute atomic E-state index is 11.5. The molecule has 1 aromatic carbocycles. The molecule has 0 atom stereocenters. The van der Waals surface area contributed by atoms with Crippen molar-refractivity contribution in [2.45, 2.75) is 20.3 Å². The van der Waals surface area contributed by atoms with E-state index in [0.717, 1.165) is 20.9 Å². The van der Waals surface area contributed by atoms with Crippen molar-refractivity contribution in [2.24, 2.45) is 0 Å². The lowest BCUT2D eigenvalue weighted by Crippen LogP contribution is -2.06. The highest BCUT2D eigenvalue weighted by molar-refractivity contribution is 9.11. The van der Waals surface area contributed by atoms with Gasteiger partial charge in [0.25, 0.3) is 0 Å². The van der Waals surface area contributed by atoms with Gasteiger partial charge < -0.3 is 4.74 Å². The van der Waals surface area contributed by atoms with Gasteiger partial charge >= 0.3 is 5.97 Å². The molecule has 0 aliphatic rings. The summed E-state index contributed by atoms with van der Waals surface area (Å²) in [7, 11) is 0. The van der Waals surface area contributed by atoms with Crippen LogP contribution in [-0.4, -0.2) is 12.6 Å². The predicted octanol–water partition coefficient (Wildman–Crippen LogP) is 3.95. The maximum atomic E-state index is 11.5. The van der Waals surface area contributed by atoms with Gasteiger partial charge in [-0.15, -0.1) is 0 Å². The molecule has 15 heavy (non-hydrogen) atoms. The molecule has 0 N–H and O–H groups in total. The van der Waals surface area contributed by atoms with Gasteiger partial charge in [-0.05, 0) is 47.0 Å². The van der Waals surface area contributed by atoms with Crippen LogP contribution in [-0.2, 0) is 11.2 Å². The molecular formula is C11H12Br2O2. The molecule has 0 aromatic heterocycles. The molecule has 0 aliphatic heterocycles. The second-order valence-corrected chi connectivity index (χ2v) is 4.71. The Morgan fingerprint density at radius 1 is 1.27 bits per heavy atom. The standard InChI is InChI=1S/C11H12Br2O2/c1-3-7-5-10(13)8(6-9(7)12)11(14)15-4-2/h5-6H,3-4H2,1-2H3. The topological polar surface area (TPSA) is 26.3 Å². The molecule has 0 amide bonds. The molecule has 0 unspecified atom stereocenters. The first kappa shape index (κ1) is 12.7. The van der Waals surface area contributed by atoms with Gasteiger partial charge in [-0.3, -0.25) is 0 Å². The Balaban J connectivity index is 3.10. The zero-order valence-electron chi connectivity index (χ0n) is 8.64. The number of aryl methyl sites for hydroxylation is 1. The van der Waals surface area contributed by atoms with Crippen molar-refractivity contribution in [3.8, 4) is 0 Å². The molecule has 4 heteroatoms. The molecule has 0 bridgehead atoms. The van der Waals surface area contributed by atoms with E-state index >= 15 is 0 Å². The average molecular weight is 336 g/mol. The SMILES string of the molecule is CCOC(=O)c1cc(Br)c(CC)cc1Br. The lowest BCUT2D eigenvalue weighted by Gasteiger charge is -2.08. The molecule has 82 valence electrons. The molecule has 2 nitrogen and oxygen atoms in total. The van der Waals surface area contributed by atoms with Crippen LogP contribution < -0.4 is 0 Å². The first-order valence-corrected chi connectivity index (χ1v) is 6.33. The number of halogens is 2. The molecule has 0 fully saturated rings. The average Bonchev–Trinajstić information content (AvgIpc) is 2.21. The highest BCUT2D eigenvalue weighted by Gasteiger charge is 2.13. The number of ether oxygens (including phenoxy) is 1. The van der Waals surface area contributed by atoms with Gasteiger partial charge in [0.15, 0.2) is 0 Å². The number of carbonyl (C=O) groups is 1. The van der Waals surface area contributed by atoms with Crippen LogP contribution >= 0.6 is 31.9 Å². The minimum Gasteiger partial charge on any atom is -0.462 e. The zero-order chi connectivity index (χ0) is 11.4. The van der Waals surface area contributed by atoms with Crippen molar-refractivity contribution in [1.29, 1.82) is 0 Å². The summed E-state index contributed by atoms with van der Waals surface area (Å²) in [6, 6.07) is 3.73. The first-order valence-electron chi connectivity index (χ1n) is 4.75. The minimum absolute atomic E-state index is 0.298. The van der Waals surface area contributed by atoms with Crippen molar-refractivity contribution in [3.63, 3.8) is 0 Å². The second kappa shape index (κ2) is 5.66. The van der Waals surface area contributed by atoms with Gasteiger partial charge in [0.2, 0.25) is 0 Å². The van der Waals surface area contributed by atoms with Gasteiger partial charge in [0, 0.05) is 8.95 Å². The van der Waals surface area contributed by atoms with E-state index in [4.69, 9.17) is 4.74 Å². The van der Waals surface area contributed by atoms with E-state index in [1.807, 2.05) is 6.07 Å². The van der Waals surface area contributed by atoms with Crippen LogP contribution in [0, 0.1) is 0 Å². The smallest absolute Gasteiger partial charge is 0.339 e. The van der Waals surface area contributed by atoms with Crippen molar-refractivity contribution in [1.82, 2.24) is 0 Å². The van der Waals surface area contributed by atoms with E-state index in [1.54, 1.807) is 13.0 Å². The quantitative estimate of drug-likeness (QED) is 0.782. The Morgan fingerprint density at radius 3 is 2.47 bits per heavy atom. The highest BCUT2D eigenvalue weighted by atomic mass is 79.9. The molecule has 0 saturated heterocycles. The fourth-order valence-electron chi connectivity index (χ4n) is 1.22. The van der Waals surface area contributed by atoms with E-state index in [0.29, 0.717) is 12.2 Å². The molecule has 0 spiro atoms. The third-order valence-corrected chi connectivity index (χ3v) is 3.41. The van der Waals surface area contributed by atoms with Crippen LogP contribution in [0.4, 0.5) is 0 Å². The summed E-state index contributed by atoms with van der Waals surface area (Å²) < 4.78 is 6.67. The Bertz CT molecular complexity index is 375. The molecular weight excluding hydrogens is 324 g/mol. The van der Waals surface area contributed by atoms with Crippen LogP contribution in [0.3, 0.4) is 0 Å². The lowest BCUT2D eigenvalue weighted by molar-refractivity contribution is 0.0525. The lowest BCUT2D eigenvalue weighted by atomic mass is 10.1. The monoisotopic (exact) mass is 334 g/mol. The second-order valence-electron chi connectivity index (χ2n) is 3.00. The van der Waals surface area contributed by atoms with E-state index < -0.39 is 0 Å². The first-order chi connectivity index (χ1) is 7.10. The summed E-state index contributed by atoms with van der Waals surface area (Å²) in [5, 5.41) is 0. The zero-order valence-corrected chi connectivity index (χ0v) is 11.8. The molecule has 1 rings (SSSR count). The van der Waals surface area contributed by atoms with Crippen LogP contribution in [0.15, 0.2) is 21.1 Å². The van der Waals surface area contributed by atoms with E-state index in [-0.39, 0.29) is 5.97 Å². The van der Waals surface area contributed by atoms with Gasteiger partial charge in [0.1, 0.15) is 0 Å². The maximum Gasteiger partial charge on any atom is 0.339 e. The number of benzene rings is 1. The number of hydrogen-bond acceptors (Lipinski definition) is 2. The minimum atomic E-state index is -0.298.